The van der Waals surface area contributed by atoms with E-state index in [0.29, 0.717) is 76.6 Å². The molecular formula is C38H34O10. The Morgan fingerprint density at radius 3 is 2.38 bits per heavy atom. The van der Waals surface area contributed by atoms with Crippen LogP contribution in [0, 0.1) is 0 Å². The third-order valence-electron chi connectivity index (χ3n) is 8.80. The molecule has 0 N–H and O–H groups in total. The van der Waals surface area contributed by atoms with Crippen molar-refractivity contribution in [1.29, 1.82) is 0 Å². The van der Waals surface area contributed by atoms with Crippen LogP contribution in [-0.4, -0.2) is 53.4 Å². The Hall–Kier alpha value is -5.64. The van der Waals surface area contributed by atoms with Crippen LogP contribution in [0.4, 0.5) is 0 Å². The summed E-state index contributed by atoms with van der Waals surface area (Å²) in [6.45, 7) is 1.07. The van der Waals surface area contributed by atoms with Crippen molar-refractivity contribution in [2.45, 2.75) is 25.2 Å². The topological polar surface area (TPSA) is 108 Å². The molecule has 0 aromatic heterocycles. The summed E-state index contributed by atoms with van der Waals surface area (Å²) < 4.78 is 46.2. The Labute approximate surface area is 277 Å². The van der Waals surface area contributed by atoms with E-state index in [9.17, 15) is 9.59 Å². The Morgan fingerprint density at radius 1 is 0.812 bits per heavy atom. The number of Topliss-reactive ketones (excluding diaryl/α,β-unsaturated/α-hetero) is 1. The minimum absolute atomic E-state index is 0.0118. The fourth-order valence-corrected chi connectivity index (χ4v) is 6.47. The molecule has 10 heteroatoms. The van der Waals surface area contributed by atoms with Crippen molar-refractivity contribution >= 4 is 17.8 Å². The zero-order valence-corrected chi connectivity index (χ0v) is 27.0. The van der Waals surface area contributed by atoms with Crippen LogP contribution in [0.5, 0.6) is 46.0 Å². The molecule has 3 heterocycles. The van der Waals surface area contributed by atoms with Gasteiger partial charge in [0.15, 0.2) is 28.8 Å². The van der Waals surface area contributed by atoms with Crippen molar-refractivity contribution < 1.29 is 47.5 Å². The van der Waals surface area contributed by atoms with Gasteiger partial charge in [0.05, 0.1) is 53.6 Å². The standard InChI is InChI=1S/C38H34O10/c1-41-29-7-5-6-24(37(29)46-14-12-21-8-10-27-22(16-21)13-15-45-27)26-19-34(39)47-28-11-9-25-36(40)33(48-38(25)35(26)28)18-23-17-31(43-3)32(44-4)20-30(23)42-2/h5-11,16-18,20,26H,12-15,19H2,1-4H3/b33-18-/t26-/m1/s1. The molecule has 10 nitrogen and oxygen atoms in total. The molecule has 3 aliphatic rings. The van der Waals surface area contributed by atoms with Crippen LogP contribution in [-0.2, 0) is 17.6 Å². The SMILES string of the molecule is COc1cc(OC)c(OC)cc1/C=C1\Oc2c(ccc3c2[C@@H](c2cccc(OC)c2OCCc2ccc4c(c2)CCO4)CC(=O)O3)C1=O. The smallest absolute Gasteiger partial charge is 0.312 e. The number of ether oxygens (including phenoxy) is 8. The molecule has 48 heavy (non-hydrogen) atoms. The van der Waals surface area contributed by atoms with Crippen LogP contribution in [0.25, 0.3) is 6.08 Å². The van der Waals surface area contributed by atoms with E-state index in [1.165, 1.54) is 26.9 Å². The van der Waals surface area contributed by atoms with Gasteiger partial charge >= 0.3 is 5.97 Å². The molecular weight excluding hydrogens is 616 g/mol. The Morgan fingerprint density at radius 2 is 1.58 bits per heavy atom. The van der Waals surface area contributed by atoms with Gasteiger partial charge in [-0.2, -0.15) is 0 Å². The van der Waals surface area contributed by atoms with E-state index in [2.05, 4.69) is 6.07 Å². The summed E-state index contributed by atoms with van der Waals surface area (Å²) in [6, 6.07) is 18.4. The molecule has 3 aliphatic heterocycles. The molecule has 0 spiro atoms. The summed E-state index contributed by atoms with van der Waals surface area (Å²) in [5.41, 5.74) is 4.55. The molecule has 4 aromatic rings. The molecule has 0 aliphatic carbocycles. The molecule has 0 amide bonds. The van der Waals surface area contributed by atoms with E-state index in [1.54, 1.807) is 37.5 Å². The normalized spacial score (nSPS) is 16.7. The highest BCUT2D eigenvalue weighted by Crippen LogP contribution is 2.52. The van der Waals surface area contributed by atoms with Gasteiger partial charge in [0.1, 0.15) is 23.0 Å². The Kier molecular flexibility index (Phi) is 8.31. The maximum atomic E-state index is 13.7. The Bertz CT molecular complexity index is 1960. The summed E-state index contributed by atoms with van der Waals surface area (Å²) in [7, 11) is 6.17. The van der Waals surface area contributed by atoms with Crippen molar-refractivity contribution in [2.24, 2.45) is 0 Å². The van der Waals surface area contributed by atoms with Crippen LogP contribution in [0.1, 0.15) is 50.5 Å². The first-order valence-electron chi connectivity index (χ1n) is 15.6. The van der Waals surface area contributed by atoms with E-state index in [0.717, 1.165) is 23.3 Å². The fraction of sp³-hybridized carbons (Fsp3) is 0.263. The lowest BCUT2D eigenvalue weighted by Crippen LogP contribution is -2.22. The first-order chi connectivity index (χ1) is 23.4. The van der Waals surface area contributed by atoms with Crippen LogP contribution < -0.4 is 37.9 Å². The number of allylic oxidation sites excluding steroid dienone is 1. The van der Waals surface area contributed by atoms with Gasteiger partial charge in [-0.3, -0.25) is 9.59 Å². The lowest BCUT2D eigenvalue weighted by atomic mass is 9.84. The second-order valence-corrected chi connectivity index (χ2v) is 11.5. The number of carbonyl (C=O) groups excluding carboxylic acids is 2. The van der Waals surface area contributed by atoms with Crippen molar-refractivity contribution in [2.75, 3.05) is 41.7 Å². The fourth-order valence-electron chi connectivity index (χ4n) is 6.47. The number of para-hydroxylation sites is 1. The van der Waals surface area contributed by atoms with Gasteiger partial charge in [0, 0.05) is 41.5 Å². The van der Waals surface area contributed by atoms with Crippen LogP contribution in [0.3, 0.4) is 0 Å². The van der Waals surface area contributed by atoms with E-state index >= 15 is 0 Å². The zero-order chi connectivity index (χ0) is 33.4. The first kappa shape index (κ1) is 31.0. The van der Waals surface area contributed by atoms with Crippen molar-refractivity contribution in [3.63, 3.8) is 0 Å². The number of fused-ring (bicyclic) bond motifs is 4. The predicted molar refractivity (Wildman–Crippen MR) is 175 cm³/mol. The lowest BCUT2D eigenvalue weighted by molar-refractivity contribution is -0.135. The second kappa shape index (κ2) is 12.9. The van der Waals surface area contributed by atoms with Gasteiger partial charge < -0.3 is 37.9 Å². The molecule has 0 saturated carbocycles. The van der Waals surface area contributed by atoms with Gasteiger partial charge in [-0.05, 0) is 47.5 Å². The summed E-state index contributed by atoms with van der Waals surface area (Å²) in [5.74, 6) is 2.86. The second-order valence-electron chi connectivity index (χ2n) is 11.5. The summed E-state index contributed by atoms with van der Waals surface area (Å²) in [4.78, 5) is 26.7. The molecule has 1 atom stereocenters. The van der Waals surface area contributed by atoms with E-state index in [-0.39, 0.29) is 18.0 Å². The van der Waals surface area contributed by atoms with E-state index < -0.39 is 11.9 Å². The quantitative estimate of drug-likeness (QED) is 0.110. The number of esters is 1. The van der Waals surface area contributed by atoms with Crippen LogP contribution >= 0.6 is 0 Å². The highest BCUT2D eigenvalue weighted by atomic mass is 16.5. The van der Waals surface area contributed by atoms with Crippen molar-refractivity contribution in [3.05, 3.63) is 99.8 Å². The number of benzene rings is 4. The molecule has 0 bridgehead atoms. The highest BCUT2D eigenvalue weighted by molar-refractivity contribution is 6.15. The minimum Gasteiger partial charge on any atom is -0.496 e. The molecule has 0 unspecified atom stereocenters. The zero-order valence-electron chi connectivity index (χ0n) is 27.0. The summed E-state index contributed by atoms with van der Waals surface area (Å²) >= 11 is 0. The Balaban J connectivity index is 1.24. The minimum atomic E-state index is -0.541. The van der Waals surface area contributed by atoms with E-state index in [4.69, 9.17) is 37.9 Å². The number of carbonyl (C=O) groups is 2. The highest BCUT2D eigenvalue weighted by Gasteiger charge is 2.40. The van der Waals surface area contributed by atoms with Crippen LogP contribution in [0.15, 0.2) is 66.4 Å². The van der Waals surface area contributed by atoms with Gasteiger partial charge in [-0.15, -0.1) is 0 Å². The number of ketones is 1. The number of methoxy groups -OCH3 is 4. The molecule has 0 radical (unpaired) electrons. The lowest BCUT2D eigenvalue weighted by Gasteiger charge is -2.28. The predicted octanol–water partition coefficient (Wildman–Crippen LogP) is 6.33. The number of hydrogen-bond acceptors (Lipinski definition) is 10. The van der Waals surface area contributed by atoms with E-state index in [1.807, 2.05) is 30.3 Å². The molecule has 0 saturated heterocycles. The number of rotatable bonds is 10. The van der Waals surface area contributed by atoms with Gasteiger partial charge in [0.25, 0.3) is 0 Å². The van der Waals surface area contributed by atoms with Crippen molar-refractivity contribution in [3.8, 4) is 46.0 Å². The third-order valence-corrected chi connectivity index (χ3v) is 8.80. The molecule has 0 fully saturated rings. The van der Waals surface area contributed by atoms with Gasteiger partial charge in [-0.25, -0.2) is 0 Å². The van der Waals surface area contributed by atoms with Crippen molar-refractivity contribution in [1.82, 2.24) is 0 Å². The molecule has 7 rings (SSSR count). The molecule has 246 valence electrons. The van der Waals surface area contributed by atoms with Gasteiger partial charge in [0.2, 0.25) is 5.78 Å². The maximum absolute atomic E-state index is 13.7. The average Bonchev–Trinajstić information content (AvgIpc) is 3.71. The summed E-state index contributed by atoms with van der Waals surface area (Å²) in [5, 5.41) is 0. The summed E-state index contributed by atoms with van der Waals surface area (Å²) in [6.07, 6.45) is 3.17. The maximum Gasteiger partial charge on any atom is 0.312 e. The number of hydrogen-bond donors (Lipinski definition) is 0. The van der Waals surface area contributed by atoms with Gasteiger partial charge in [-0.1, -0.05) is 24.3 Å². The average molecular weight is 651 g/mol. The van der Waals surface area contributed by atoms with Crippen LogP contribution in [0.2, 0.25) is 0 Å². The molecule has 4 aromatic carbocycles. The largest absolute Gasteiger partial charge is 0.496 e. The first-order valence-corrected chi connectivity index (χ1v) is 15.6. The monoisotopic (exact) mass is 650 g/mol. The third kappa shape index (κ3) is 5.53.